The van der Waals surface area contributed by atoms with Crippen molar-refractivity contribution in [1.82, 2.24) is 13.9 Å². The van der Waals surface area contributed by atoms with Gasteiger partial charge in [0.25, 0.3) is 5.56 Å². The fraction of sp³-hybridized carbons (Fsp3) is 0.100. The van der Waals surface area contributed by atoms with Crippen LogP contribution in [0.15, 0.2) is 53.6 Å². The molecule has 0 aliphatic heterocycles. The van der Waals surface area contributed by atoms with E-state index in [0.29, 0.717) is 21.6 Å². The number of halogens is 2. The molecule has 2 aromatic heterocycles. The molecule has 0 atom stereocenters. The number of carbonyl (C=O) groups excluding carboxylic acids is 1. The van der Waals surface area contributed by atoms with Crippen LogP contribution in [0, 0.1) is 12.7 Å². The SMILES string of the molecule is Cc1ccc(-c2nsc3c(=O)n(CC(=O)Nc4ccc(F)c(Cl)c4)cnc23)cc1. The molecule has 0 aliphatic rings. The fourth-order valence-corrected chi connectivity index (χ4v) is 3.78. The molecule has 0 spiro atoms. The van der Waals surface area contributed by atoms with E-state index in [0.717, 1.165) is 28.7 Å². The number of nitrogens with one attached hydrogen (secondary N) is 1. The van der Waals surface area contributed by atoms with Gasteiger partial charge in [0.1, 0.15) is 28.3 Å². The molecule has 0 unspecified atom stereocenters. The Bertz CT molecular complexity index is 1280. The predicted octanol–water partition coefficient (Wildman–Crippen LogP) is 4.26. The highest BCUT2D eigenvalue weighted by molar-refractivity contribution is 7.13. The van der Waals surface area contributed by atoms with Crippen molar-refractivity contribution in [3.63, 3.8) is 0 Å². The molecule has 0 bridgehead atoms. The molecule has 0 fully saturated rings. The van der Waals surface area contributed by atoms with Crippen LogP contribution < -0.4 is 10.9 Å². The first-order valence-electron chi connectivity index (χ1n) is 8.59. The van der Waals surface area contributed by atoms with Crippen LogP contribution in [0.2, 0.25) is 5.02 Å². The summed E-state index contributed by atoms with van der Waals surface area (Å²) in [5, 5.41) is 2.48. The highest BCUT2D eigenvalue weighted by Gasteiger charge is 2.15. The summed E-state index contributed by atoms with van der Waals surface area (Å²) in [4.78, 5) is 29.4. The summed E-state index contributed by atoms with van der Waals surface area (Å²) in [6.45, 7) is 1.75. The summed E-state index contributed by atoms with van der Waals surface area (Å²) < 4.78 is 19.2. The normalized spacial score (nSPS) is 11.0. The Morgan fingerprint density at radius 1 is 1.24 bits per heavy atom. The van der Waals surface area contributed by atoms with E-state index in [1.807, 2.05) is 31.2 Å². The number of aromatic nitrogens is 3. The molecule has 0 radical (unpaired) electrons. The molecule has 0 saturated carbocycles. The van der Waals surface area contributed by atoms with Crippen LogP contribution >= 0.6 is 23.1 Å². The lowest BCUT2D eigenvalue weighted by Crippen LogP contribution is -2.27. The van der Waals surface area contributed by atoms with E-state index in [1.165, 1.54) is 23.0 Å². The second-order valence-electron chi connectivity index (χ2n) is 6.43. The number of nitrogens with zero attached hydrogens (tertiary/aromatic N) is 3. The van der Waals surface area contributed by atoms with E-state index in [4.69, 9.17) is 11.6 Å². The quantitative estimate of drug-likeness (QED) is 0.527. The molecule has 146 valence electrons. The lowest BCUT2D eigenvalue weighted by Gasteiger charge is -2.08. The number of rotatable bonds is 4. The molecular formula is C20H14ClFN4O2S. The Morgan fingerprint density at radius 2 is 2.00 bits per heavy atom. The zero-order valence-electron chi connectivity index (χ0n) is 15.1. The fourth-order valence-electron chi connectivity index (χ4n) is 2.80. The average Bonchev–Trinajstić information content (AvgIpc) is 3.12. The molecule has 29 heavy (non-hydrogen) atoms. The number of fused-ring (bicyclic) bond motifs is 1. The standard InChI is InChI=1S/C20H14ClFN4O2S/c1-11-2-4-12(5-3-11)17-18-19(29-25-17)20(28)26(10-23-18)9-16(27)24-13-6-7-15(22)14(21)8-13/h2-8,10H,9H2,1H3,(H,24,27). The number of amides is 1. The molecule has 2 heterocycles. The van der Waals surface area contributed by atoms with Crippen molar-refractivity contribution in [3.05, 3.63) is 75.5 Å². The molecule has 4 rings (SSSR count). The van der Waals surface area contributed by atoms with E-state index in [-0.39, 0.29) is 17.1 Å². The minimum Gasteiger partial charge on any atom is -0.324 e. The minimum absolute atomic E-state index is 0.101. The van der Waals surface area contributed by atoms with Crippen LogP contribution in [0.5, 0.6) is 0 Å². The van der Waals surface area contributed by atoms with E-state index in [9.17, 15) is 14.0 Å². The Balaban J connectivity index is 1.59. The molecule has 9 heteroatoms. The maximum Gasteiger partial charge on any atom is 0.273 e. The first kappa shape index (κ1) is 19.2. The van der Waals surface area contributed by atoms with Gasteiger partial charge in [-0.15, -0.1) is 0 Å². The van der Waals surface area contributed by atoms with Gasteiger partial charge < -0.3 is 5.32 Å². The van der Waals surface area contributed by atoms with Gasteiger partial charge in [-0.1, -0.05) is 41.4 Å². The Labute approximate surface area is 173 Å². The van der Waals surface area contributed by atoms with Gasteiger partial charge in [-0.25, -0.2) is 9.37 Å². The number of benzene rings is 2. The van der Waals surface area contributed by atoms with Gasteiger partial charge in [-0.3, -0.25) is 14.2 Å². The van der Waals surface area contributed by atoms with Crippen molar-refractivity contribution in [1.29, 1.82) is 0 Å². The molecule has 2 aromatic carbocycles. The Kier molecular flexibility index (Phi) is 5.12. The van der Waals surface area contributed by atoms with Crippen molar-refractivity contribution in [2.75, 3.05) is 5.32 Å². The van der Waals surface area contributed by atoms with Gasteiger partial charge in [0.15, 0.2) is 0 Å². The highest BCUT2D eigenvalue weighted by atomic mass is 35.5. The second kappa shape index (κ2) is 7.73. The molecule has 0 saturated heterocycles. The maximum absolute atomic E-state index is 13.2. The van der Waals surface area contributed by atoms with Crippen molar-refractivity contribution in [2.45, 2.75) is 13.5 Å². The lowest BCUT2D eigenvalue weighted by molar-refractivity contribution is -0.116. The van der Waals surface area contributed by atoms with Crippen LogP contribution in [0.4, 0.5) is 10.1 Å². The van der Waals surface area contributed by atoms with Crippen LogP contribution in [-0.4, -0.2) is 19.8 Å². The second-order valence-corrected chi connectivity index (χ2v) is 7.61. The van der Waals surface area contributed by atoms with E-state index in [2.05, 4.69) is 14.7 Å². The minimum atomic E-state index is -0.579. The van der Waals surface area contributed by atoms with Gasteiger partial charge in [-0.05, 0) is 36.7 Å². The van der Waals surface area contributed by atoms with E-state index in [1.54, 1.807) is 0 Å². The summed E-state index contributed by atoms with van der Waals surface area (Å²) >= 11 is 6.76. The number of hydrogen-bond acceptors (Lipinski definition) is 5. The van der Waals surface area contributed by atoms with Crippen molar-refractivity contribution in [2.24, 2.45) is 0 Å². The summed E-state index contributed by atoms with van der Waals surface area (Å²) in [5.74, 6) is -1.04. The largest absolute Gasteiger partial charge is 0.324 e. The van der Waals surface area contributed by atoms with Gasteiger partial charge in [0, 0.05) is 11.3 Å². The Hall–Kier alpha value is -3.10. The van der Waals surface area contributed by atoms with Crippen LogP contribution in [-0.2, 0) is 11.3 Å². The third-order valence-corrected chi connectivity index (χ3v) is 5.41. The lowest BCUT2D eigenvalue weighted by atomic mass is 10.1. The number of anilines is 1. The first-order chi connectivity index (χ1) is 13.9. The summed E-state index contributed by atoms with van der Waals surface area (Å²) in [6, 6.07) is 11.6. The van der Waals surface area contributed by atoms with Gasteiger partial charge in [-0.2, -0.15) is 4.37 Å². The van der Waals surface area contributed by atoms with Gasteiger partial charge in [0.2, 0.25) is 5.91 Å². The monoisotopic (exact) mass is 428 g/mol. The smallest absolute Gasteiger partial charge is 0.273 e. The zero-order valence-corrected chi connectivity index (χ0v) is 16.7. The summed E-state index contributed by atoms with van der Waals surface area (Å²) in [7, 11) is 0. The molecular weight excluding hydrogens is 415 g/mol. The summed E-state index contributed by atoms with van der Waals surface area (Å²) in [6.07, 6.45) is 1.33. The molecule has 4 aromatic rings. The number of aryl methyl sites for hydroxylation is 1. The zero-order chi connectivity index (χ0) is 20.5. The van der Waals surface area contributed by atoms with Gasteiger partial charge >= 0.3 is 0 Å². The van der Waals surface area contributed by atoms with Crippen LogP contribution in [0.25, 0.3) is 21.5 Å². The summed E-state index contributed by atoms with van der Waals surface area (Å²) in [5.41, 5.74) is 3.13. The number of carbonyl (C=O) groups is 1. The molecule has 0 aliphatic carbocycles. The molecule has 1 amide bonds. The van der Waals surface area contributed by atoms with E-state index < -0.39 is 11.7 Å². The molecule has 1 N–H and O–H groups in total. The average molecular weight is 429 g/mol. The third-order valence-electron chi connectivity index (χ3n) is 4.29. The predicted molar refractivity (Wildman–Crippen MR) is 112 cm³/mol. The molecule has 6 nitrogen and oxygen atoms in total. The highest BCUT2D eigenvalue weighted by Crippen LogP contribution is 2.27. The van der Waals surface area contributed by atoms with Crippen molar-refractivity contribution < 1.29 is 9.18 Å². The topological polar surface area (TPSA) is 76.9 Å². The van der Waals surface area contributed by atoms with Crippen molar-refractivity contribution >= 4 is 44.9 Å². The Morgan fingerprint density at radius 3 is 2.72 bits per heavy atom. The maximum atomic E-state index is 13.2. The van der Waals surface area contributed by atoms with Crippen LogP contribution in [0.3, 0.4) is 0 Å². The number of hydrogen-bond donors (Lipinski definition) is 1. The third kappa shape index (κ3) is 3.90. The van der Waals surface area contributed by atoms with Gasteiger partial charge in [0.05, 0.1) is 11.3 Å². The first-order valence-corrected chi connectivity index (χ1v) is 9.74. The van der Waals surface area contributed by atoms with Crippen molar-refractivity contribution in [3.8, 4) is 11.3 Å². The van der Waals surface area contributed by atoms with Crippen LogP contribution in [0.1, 0.15) is 5.56 Å². The van der Waals surface area contributed by atoms with E-state index >= 15 is 0 Å².